The van der Waals surface area contributed by atoms with Gasteiger partial charge in [0.1, 0.15) is 15.8 Å². The van der Waals surface area contributed by atoms with Gasteiger partial charge in [-0.1, -0.05) is 36.1 Å². The third-order valence-corrected chi connectivity index (χ3v) is 6.03. The summed E-state index contributed by atoms with van der Waals surface area (Å²) in [6.07, 6.45) is 4.15. The average Bonchev–Trinajstić information content (AvgIpc) is 3.45. The molecule has 150 valence electrons. The smallest absolute Gasteiger partial charge is 0.263 e. The second kappa shape index (κ2) is 8.94. The molecular formula is C21H21N3O3S2. The molecule has 0 bridgehead atoms. The molecule has 2 aliphatic rings. The van der Waals surface area contributed by atoms with E-state index in [-0.39, 0.29) is 11.8 Å². The largest absolute Gasteiger partial charge is 0.457 e. The summed E-state index contributed by atoms with van der Waals surface area (Å²) in [4.78, 5) is 27.1. The lowest BCUT2D eigenvalue weighted by atomic mass is 10.1. The number of hydrogen-bond donors (Lipinski definition) is 2. The second-order valence-electron chi connectivity index (χ2n) is 6.94. The average molecular weight is 428 g/mol. The van der Waals surface area contributed by atoms with Crippen molar-refractivity contribution >= 4 is 46.2 Å². The van der Waals surface area contributed by atoms with Crippen molar-refractivity contribution in [2.24, 2.45) is 0 Å². The minimum atomic E-state index is -0.217. The van der Waals surface area contributed by atoms with Gasteiger partial charge in [-0.15, -0.1) is 0 Å². The highest BCUT2D eigenvalue weighted by Crippen LogP contribution is 2.29. The van der Waals surface area contributed by atoms with Crippen molar-refractivity contribution in [3.63, 3.8) is 0 Å². The van der Waals surface area contributed by atoms with Crippen LogP contribution in [-0.2, 0) is 4.79 Å². The summed E-state index contributed by atoms with van der Waals surface area (Å²) in [6, 6.07) is 11.0. The fourth-order valence-electron chi connectivity index (χ4n) is 3.39. The van der Waals surface area contributed by atoms with Crippen molar-refractivity contribution in [3.8, 4) is 11.3 Å². The van der Waals surface area contributed by atoms with Gasteiger partial charge >= 0.3 is 0 Å². The highest BCUT2D eigenvalue weighted by molar-refractivity contribution is 8.26. The highest BCUT2D eigenvalue weighted by atomic mass is 32.2. The van der Waals surface area contributed by atoms with Crippen LogP contribution in [0.3, 0.4) is 0 Å². The van der Waals surface area contributed by atoms with Gasteiger partial charge in [-0.3, -0.25) is 9.59 Å². The van der Waals surface area contributed by atoms with Crippen LogP contribution >= 0.6 is 24.0 Å². The van der Waals surface area contributed by atoms with Crippen LogP contribution in [0.1, 0.15) is 29.0 Å². The third-order valence-electron chi connectivity index (χ3n) is 4.86. The molecule has 0 spiro atoms. The van der Waals surface area contributed by atoms with E-state index in [1.165, 1.54) is 24.6 Å². The Balaban J connectivity index is 1.41. The van der Waals surface area contributed by atoms with Crippen LogP contribution in [0.5, 0.6) is 0 Å². The molecule has 0 saturated carbocycles. The maximum Gasteiger partial charge on any atom is 0.263 e. The Morgan fingerprint density at radius 2 is 2.10 bits per heavy atom. The van der Waals surface area contributed by atoms with E-state index in [2.05, 4.69) is 15.5 Å². The summed E-state index contributed by atoms with van der Waals surface area (Å²) in [5.41, 5.74) is 1.40. The van der Waals surface area contributed by atoms with Crippen LogP contribution in [-0.4, -0.2) is 47.2 Å². The van der Waals surface area contributed by atoms with E-state index < -0.39 is 0 Å². The molecule has 0 aliphatic carbocycles. The Kier molecular flexibility index (Phi) is 6.13. The van der Waals surface area contributed by atoms with E-state index in [0.717, 1.165) is 25.2 Å². The number of likely N-dealkylation sites (tertiary alicyclic amines) is 1. The first kappa shape index (κ1) is 19.9. The molecular weight excluding hydrogens is 406 g/mol. The van der Waals surface area contributed by atoms with Crippen molar-refractivity contribution in [1.29, 1.82) is 0 Å². The van der Waals surface area contributed by atoms with Gasteiger partial charge in [-0.2, -0.15) is 0 Å². The summed E-state index contributed by atoms with van der Waals surface area (Å²) < 4.78 is 6.29. The van der Waals surface area contributed by atoms with Gasteiger partial charge in [0.05, 0.1) is 4.91 Å². The van der Waals surface area contributed by atoms with Crippen molar-refractivity contribution in [2.45, 2.75) is 12.8 Å². The number of thiocarbonyl (C=S) groups is 1. The number of rotatable bonds is 6. The molecule has 3 heterocycles. The SMILES string of the molecule is O=C1NC(=S)S/C1=C/c1ccc(-c2cccc(C(=O)NCCN3CCCC3)c2)o1. The maximum atomic E-state index is 12.5. The quantitative estimate of drug-likeness (QED) is 0.545. The van der Waals surface area contributed by atoms with Gasteiger partial charge in [0, 0.05) is 30.3 Å². The molecule has 2 fully saturated rings. The first-order chi connectivity index (χ1) is 14.1. The molecule has 2 aromatic rings. The van der Waals surface area contributed by atoms with Crippen LogP contribution < -0.4 is 10.6 Å². The standard InChI is InChI=1S/C21H21N3O3S2/c25-19(22-8-11-24-9-1-2-10-24)15-5-3-4-14(12-15)17-7-6-16(27-17)13-18-20(26)23-21(28)29-18/h3-7,12-13H,1-2,8-11H2,(H,22,25)(H,23,26,28)/b18-13+. The number of nitrogens with zero attached hydrogens (tertiary/aromatic N) is 1. The molecule has 0 atom stereocenters. The highest BCUT2D eigenvalue weighted by Gasteiger charge is 2.22. The van der Waals surface area contributed by atoms with E-state index in [1.54, 1.807) is 18.2 Å². The molecule has 0 unspecified atom stereocenters. The van der Waals surface area contributed by atoms with Crippen molar-refractivity contribution < 1.29 is 14.0 Å². The van der Waals surface area contributed by atoms with Crippen LogP contribution in [0.25, 0.3) is 17.4 Å². The van der Waals surface area contributed by atoms with Gasteiger partial charge in [0.2, 0.25) is 0 Å². The number of carbonyl (C=O) groups is 2. The number of thioether (sulfide) groups is 1. The normalized spacial score (nSPS) is 18.4. The molecule has 2 saturated heterocycles. The molecule has 2 N–H and O–H groups in total. The van der Waals surface area contributed by atoms with Crippen molar-refractivity contribution in [3.05, 3.63) is 52.6 Å². The lowest BCUT2D eigenvalue weighted by molar-refractivity contribution is -0.115. The Morgan fingerprint density at radius 3 is 2.86 bits per heavy atom. The first-order valence-corrected chi connectivity index (χ1v) is 10.8. The number of amides is 2. The number of furan rings is 1. The Hall–Kier alpha value is -2.42. The minimum Gasteiger partial charge on any atom is -0.457 e. The van der Waals surface area contributed by atoms with Gasteiger partial charge in [0.25, 0.3) is 11.8 Å². The predicted molar refractivity (Wildman–Crippen MR) is 118 cm³/mol. The van der Waals surface area contributed by atoms with Gasteiger partial charge < -0.3 is 20.0 Å². The first-order valence-electron chi connectivity index (χ1n) is 9.54. The zero-order valence-electron chi connectivity index (χ0n) is 15.8. The van der Waals surface area contributed by atoms with E-state index in [0.29, 0.717) is 32.9 Å². The van der Waals surface area contributed by atoms with E-state index in [9.17, 15) is 9.59 Å². The molecule has 29 heavy (non-hydrogen) atoms. The second-order valence-corrected chi connectivity index (χ2v) is 8.66. The van der Waals surface area contributed by atoms with Crippen molar-refractivity contribution in [2.75, 3.05) is 26.2 Å². The molecule has 8 heteroatoms. The summed E-state index contributed by atoms with van der Waals surface area (Å²) in [7, 11) is 0. The monoisotopic (exact) mass is 427 g/mol. The molecule has 6 nitrogen and oxygen atoms in total. The molecule has 2 amide bonds. The number of nitrogens with one attached hydrogen (secondary N) is 2. The molecule has 2 aliphatic heterocycles. The number of carbonyl (C=O) groups excluding carboxylic acids is 2. The Labute approximate surface area is 178 Å². The zero-order valence-corrected chi connectivity index (χ0v) is 17.4. The van der Waals surface area contributed by atoms with E-state index in [4.69, 9.17) is 16.6 Å². The third kappa shape index (κ3) is 4.95. The Morgan fingerprint density at radius 1 is 1.28 bits per heavy atom. The van der Waals surface area contributed by atoms with E-state index in [1.807, 2.05) is 24.3 Å². The summed E-state index contributed by atoms with van der Waals surface area (Å²) in [5.74, 6) is 0.885. The number of benzene rings is 1. The van der Waals surface area contributed by atoms with Crippen LogP contribution in [0.2, 0.25) is 0 Å². The van der Waals surface area contributed by atoms with Crippen LogP contribution in [0.15, 0.2) is 45.7 Å². The zero-order chi connectivity index (χ0) is 20.2. The lowest BCUT2D eigenvalue weighted by Crippen LogP contribution is -2.33. The van der Waals surface area contributed by atoms with Gasteiger partial charge in [-0.05, 0) is 50.2 Å². The minimum absolute atomic E-state index is 0.0903. The van der Waals surface area contributed by atoms with Crippen molar-refractivity contribution in [1.82, 2.24) is 15.5 Å². The fraction of sp³-hybridized carbons (Fsp3) is 0.286. The predicted octanol–water partition coefficient (Wildman–Crippen LogP) is 3.26. The number of hydrogen-bond acceptors (Lipinski definition) is 6. The van der Waals surface area contributed by atoms with Crippen LogP contribution in [0, 0.1) is 0 Å². The Bertz CT molecular complexity index is 977. The summed E-state index contributed by atoms with van der Waals surface area (Å²) in [5, 5.41) is 5.56. The molecule has 0 radical (unpaired) electrons. The van der Waals surface area contributed by atoms with Gasteiger partial charge in [0.15, 0.2) is 0 Å². The maximum absolute atomic E-state index is 12.5. The molecule has 1 aromatic heterocycles. The fourth-order valence-corrected chi connectivity index (χ4v) is 4.41. The summed E-state index contributed by atoms with van der Waals surface area (Å²) in [6.45, 7) is 3.77. The summed E-state index contributed by atoms with van der Waals surface area (Å²) >= 11 is 6.20. The topological polar surface area (TPSA) is 74.6 Å². The van der Waals surface area contributed by atoms with Gasteiger partial charge in [-0.25, -0.2) is 0 Å². The van der Waals surface area contributed by atoms with Crippen LogP contribution in [0.4, 0.5) is 0 Å². The lowest BCUT2D eigenvalue weighted by Gasteiger charge is -2.14. The molecule has 4 rings (SSSR count). The van der Waals surface area contributed by atoms with E-state index >= 15 is 0 Å². The molecule has 1 aromatic carbocycles.